The Kier molecular flexibility index (Phi) is 5.85. The number of para-hydroxylation sites is 1. The van der Waals surface area contributed by atoms with Crippen molar-refractivity contribution in [2.45, 2.75) is 13.0 Å². The fourth-order valence-corrected chi connectivity index (χ4v) is 3.22. The van der Waals surface area contributed by atoms with Crippen LogP contribution < -0.4 is 4.74 Å². The molecule has 0 fully saturated rings. The highest BCUT2D eigenvalue weighted by atomic mass is 16.5. The van der Waals surface area contributed by atoms with Crippen molar-refractivity contribution < 1.29 is 14.6 Å². The number of fused-ring (bicyclic) bond motifs is 1. The monoisotopic (exact) mass is 395 g/mol. The van der Waals surface area contributed by atoms with E-state index < -0.39 is 5.97 Å². The maximum Gasteiger partial charge on any atom is 0.307 e. The maximum absolute atomic E-state index is 11.0. The average Bonchev–Trinajstić information content (AvgIpc) is 2.77. The first kappa shape index (κ1) is 19.4. The Hall–Kier alpha value is -3.92. The van der Waals surface area contributed by atoms with Crippen molar-refractivity contribution in [3.8, 4) is 5.88 Å². The van der Waals surface area contributed by atoms with E-state index in [-0.39, 0.29) is 6.42 Å². The highest BCUT2D eigenvalue weighted by Crippen LogP contribution is 2.18. The predicted molar refractivity (Wildman–Crippen MR) is 119 cm³/mol. The Balaban J connectivity index is 1.40. The molecule has 1 aromatic heterocycles. The molecule has 0 spiro atoms. The van der Waals surface area contributed by atoms with Crippen LogP contribution in [0, 0.1) is 0 Å². The van der Waals surface area contributed by atoms with Crippen LogP contribution in [0.15, 0.2) is 84.9 Å². The van der Waals surface area contributed by atoms with Crippen LogP contribution in [0.25, 0.3) is 23.1 Å². The molecule has 0 unspecified atom stereocenters. The van der Waals surface area contributed by atoms with E-state index in [0.717, 1.165) is 33.2 Å². The van der Waals surface area contributed by atoms with Gasteiger partial charge in [-0.1, -0.05) is 78.9 Å². The first-order valence-corrected chi connectivity index (χ1v) is 9.73. The summed E-state index contributed by atoms with van der Waals surface area (Å²) in [4.78, 5) is 15.5. The number of aromatic nitrogens is 1. The first-order valence-electron chi connectivity index (χ1n) is 9.73. The van der Waals surface area contributed by atoms with Crippen LogP contribution in [0.1, 0.15) is 22.3 Å². The fraction of sp³-hybridized carbons (Fsp3) is 0.0769. The van der Waals surface area contributed by atoms with E-state index in [2.05, 4.69) is 4.98 Å². The number of ether oxygens (including phenoxy) is 1. The summed E-state index contributed by atoms with van der Waals surface area (Å²) in [5.74, 6) is -0.228. The molecule has 0 amide bonds. The van der Waals surface area contributed by atoms with Crippen molar-refractivity contribution in [1.82, 2.24) is 4.98 Å². The van der Waals surface area contributed by atoms with Crippen LogP contribution in [0.2, 0.25) is 0 Å². The van der Waals surface area contributed by atoms with Gasteiger partial charge in [0.2, 0.25) is 5.88 Å². The molecule has 0 atom stereocenters. The SMILES string of the molecule is O=C(O)Cc1ccccc1C=Cc1ccc(COc2ccc3ccccc3n2)cc1. The standard InChI is InChI=1S/C26H21NO3/c28-26(29)17-23-7-2-1-5-21(23)14-13-19-9-11-20(12-10-19)18-30-25-16-15-22-6-3-4-8-24(22)27-25/h1-16H,17-18H2,(H,28,29). The zero-order chi connectivity index (χ0) is 20.8. The number of aliphatic carboxylic acids is 1. The van der Waals surface area contributed by atoms with Crippen molar-refractivity contribution in [1.29, 1.82) is 0 Å². The van der Waals surface area contributed by atoms with Crippen LogP contribution in [-0.2, 0) is 17.8 Å². The van der Waals surface area contributed by atoms with Gasteiger partial charge in [0, 0.05) is 11.5 Å². The second kappa shape index (κ2) is 9.05. The molecule has 0 aliphatic carbocycles. The quantitative estimate of drug-likeness (QED) is 0.413. The zero-order valence-electron chi connectivity index (χ0n) is 16.4. The summed E-state index contributed by atoms with van der Waals surface area (Å²) in [5, 5.41) is 10.1. The van der Waals surface area contributed by atoms with E-state index in [1.165, 1.54) is 0 Å². The van der Waals surface area contributed by atoms with Gasteiger partial charge in [0.1, 0.15) is 6.61 Å². The molecule has 4 heteroatoms. The predicted octanol–water partition coefficient (Wildman–Crippen LogP) is 5.61. The van der Waals surface area contributed by atoms with Gasteiger partial charge in [-0.25, -0.2) is 4.98 Å². The maximum atomic E-state index is 11.0. The van der Waals surface area contributed by atoms with E-state index in [4.69, 9.17) is 9.84 Å². The van der Waals surface area contributed by atoms with E-state index in [0.29, 0.717) is 12.5 Å². The van der Waals surface area contributed by atoms with Crippen molar-refractivity contribution in [3.05, 3.63) is 107 Å². The number of pyridine rings is 1. The molecule has 0 aliphatic heterocycles. The summed E-state index contributed by atoms with van der Waals surface area (Å²) in [6, 6.07) is 27.4. The van der Waals surface area contributed by atoms with Crippen molar-refractivity contribution in [2.24, 2.45) is 0 Å². The molecule has 1 heterocycles. The Bertz CT molecular complexity index is 1200. The number of hydrogen-bond donors (Lipinski definition) is 1. The molecular formula is C26H21NO3. The molecule has 30 heavy (non-hydrogen) atoms. The fourth-order valence-electron chi connectivity index (χ4n) is 3.22. The van der Waals surface area contributed by atoms with Crippen LogP contribution >= 0.6 is 0 Å². The molecule has 4 nitrogen and oxygen atoms in total. The normalized spacial score (nSPS) is 11.1. The van der Waals surface area contributed by atoms with E-state index in [1.54, 1.807) is 0 Å². The third-order valence-electron chi connectivity index (χ3n) is 4.79. The average molecular weight is 395 g/mol. The van der Waals surface area contributed by atoms with Crippen molar-refractivity contribution in [2.75, 3.05) is 0 Å². The summed E-state index contributed by atoms with van der Waals surface area (Å²) < 4.78 is 5.84. The molecule has 0 saturated heterocycles. The van der Waals surface area contributed by atoms with Crippen LogP contribution in [0.3, 0.4) is 0 Å². The molecule has 0 radical (unpaired) electrons. The molecule has 4 rings (SSSR count). The van der Waals surface area contributed by atoms with E-state index >= 15 is 0 Å². The van der Waals surface area contributed by atoms with Crippen molar-refractivity contribution in [3.63, 3.8) is 0 Å². The van der Waals surface area contributed by atoms with Gasteiger partial charge in [0.25, 0.3) is 0 Å². The van der Waals surface area contributed by atoms with Gasteiger partial charge < -0.3 is 9.84 Å². The zero-order valence-corrected chi connectivity index (χ0v) is 16.4. The molecular weight excluding hydrogens is 374 g/mol. The lowest BCUT2D eigenvalue weighted by Gasteiger charge is -2.07. The molecule has 148 valence electrons. The first-order chi connectivity index (χ1) is 14.7. The third kappa shape index (κ3) is 4.92. The highest BCUT2D eigenvalue weighted by Gasteiger charge is 2.04. The topological polar surface area (TPSA) is 59.4 Å². The second-order valence-electron chi connectivity index (χ2n) is 6.98. The van der Waals surface area contributed by atoms with Gasteiger partial charge in [0.15, 0.2) is 0 Å². The van der Waals surface area contributed by atoms with Gasteiger partial charge in [-0.15, -0.1) is 0 Å². The number of benzene rings is 3. The Morgan fingerprint density at radius 3 is 2.47 bits per heavy atom. The molecule has 0 saturated carbocycles. The number of hydrogen-bond acceptors (Lipinski definition) is 3. The molecule has 0 aliphatic rings. The number of carbonyl (C=O) groups is 1. The lowest BCUT2D eigenvalue weighted by atomic mass is 10.0. The highest BCUT2D eigenvalue weighted by molar-refractivity contribution is 5.79. The van der Waals surface area contributed by atoms with Crippen LogP contribution in [0.5, 0.6) is 5.88 Å². The van der Waals surface area contributed by atoms with Gasteiger partial charge in [-0.05, 0) is 34.4 Å². The molecule has 0 bridgehead atoms. The number of nitrogens with zero attached hydrogens (tertiary/aromatic N) is 1. The largest absolute Gasteiger partial charge is 0.481 e. The summed E-state index contributed by atoms with van der Waals surface area (Å²) >= 11 is 0. The smallest absolute Gasteiger partial charge is 0.307 e. The Morgan fingerprint density at radius 2 is 1.63 bits per heavy atom. The van der Waals surface area contributed by atoms with Gasteiger partial charge in [0.05, 0.1) is 11.9 Å². The van der Waals surface area contributed by atoms with Crippen LogP contribution in [-0.4, -0.2) is 16.1 Å². The Morgan fingerprint density at radius 1 is 0.867 bits per heavy atom. The summed E-state index contributed by atoms with van der Waals surface area (Å²) in [7, 11) is 0. The van der Waals surface area contributed by atoms with E-state index in [1.807, 2.05) is 97.1 Å². The lowest BCUT2D eigenvalue weighted by molar-refractivity contribution is -0.136. The number of carboxylic acids is 1. The van der Waals surface area contributed by atoms with Gasteiger partial charge >= 0.3 is 5.97 Å². The number of carboxylic acid groups (broad SMARTS) is 1. The summed E-state index contributed by atoms with van der Waals surface area (Å²) in [5.41, 5.74) is 4.71. The lowest BCUT2D eigenvalue weighted by Crippen LogP contribution is -2.01. The minimum Gasteiger partial charge on any atom is -0.481 e. The summed E-state index contributed by atoms with van der Waals surface area (Å²) in [6.45, 7) is 0.441. The van der Waals surface area contributed by atoms with Gasteiger partial charge in [-0.2, -0.15) is 0 Å². The minimum absolute atomic E-state index is 0.0135. The molecule has 1 N–H and O–H groups in total. The minimum atomic E-state index is -0.832. The van der Waals surface area contributed by atoms with Crippen molar-refractivity contribution >= 4 is 29.0 Å². The Labute approximate surface area is 175 Å². The third-order valence-corrected chi connectivity index (χ3v) is 4.79. The second-order valence-corrected chi connectivity index (χ2v) is 6.98. The number of rotatable bonds is 7. The molecule has 3 aromatic carbocycles. The van der Waals surface area contributed by atoms with Gasteiger partial charge in [-0.3, -0.25) is 4.79 Å². The van der Waals surface area contributed by atoms with E-state index in [9.17, 15) is 4.79 Å². The summed E-state index contributed by atoms with van der Waals surface area (Å²) in [6.07, 6.45) is 3.94. The van der Waals surface area contributed by atoms with Crippen LogP contribution in [0.4, 0.5) is 0 Å². The molecule has 4 aromatic rings.